The van der Waals surface area contributed by atoms with Crippen LogP contribution in [-0.4, -0.2) is 41.3 Å². The number of carbonyl (C=O) groups is 1. The van der Waals surface area contributed by atoms with Gasteiger partial charge in [-0.2, -0.15) is 0 Å². The van der Waals surface area contributed by atoms with E-state index in [1.165, 1.54) is 12.8 Å². The molecule has 1 rings (SSSR count). The molecule has 0 radical (unpaired) electrons. The van der Waals surface area contributed by atoms with Crippen molar-refractivity contribution in [2.75, 3.05) is 13.1 Å². The molecule has 1 heterocycles. The average molecular weight is 298 g/mol. The van der Waals surface area contributed by atoms with Gasteiger partial charge in [0, 0.05) is 24.7 Å². The summed E-state index contributed by atoms with van der Waals surface area (Å²) in [4.78, 5) is 14.3. The molecule has 21 heavy (non-hydrogen) atoms. The van der Waals surface area contributed by atoms with E-state index in [1.54, 1.807) is 0 Å². The molecule has 0 bridgehead atoms. The Bertz CT molecular complexity index is 334. The van der Waals surface area contributed by atoms with Gasteiger partial charge in [0.1, 0.15) is 5.60 Å². The van der Waals surface area contributed by atoms with E-state index < -0.39 is 5.60 Å². The molecule has 4 nitrogen and oxygen atoms in total. The van der Waals surface area contributed by atoms with Crippen molar-refractivity contribution in [1.82, 2.24) is 10.2 Å². The summed E-state index contributed by atoms with van der Waals surface area (Å²) in [5, 5.41) is 3.63. The van der Waals surface area contributed by atoms with Crippen LogP contribution in [0.15, 0.2) is 0 Å². The Kier molecular flexibility index (Phi) is 6.51. The Morgan fingerprint density at radius 1 is 1.24 bits per heavy atom. The maximum Gasteiger partial charge on any atom is 0.410 e. The largest absolute Gasteiger partial charge is 0.444 e. The monoisotopic (exact) mass is 298 g/mol. The molecule has 1 unspecified atom stereocenters. The number of hydrogen-bond donors (Lipinski definition) is 1. The predicted octanol–water partition coefficient (Wildman–Crippen LogP) is 3.94. The maximum atomic E-state index is 12.4. The molecular weight excluding hydrogens is 264 g/mol. The number of nitrogens with one attached hydrogen (secondary N) is 1. The van der Waals surface area contributed by atoms with Gasteiger partial charge in [0.2, 0.25) is 0 Å². The van der Waals surface area contributed by atoms with Crippen molar-refractivity contribution in [3.05, 3.63) is 0 Å². The minimum absolute atomic E-state index is 0.131. The van der Waals surface area contributed by atoms with Crippen LogP contribution >= 0.6 is 0 Å². The van der Waals surface area contributed by atoms with Gasteiger partial charge in [0.15, 0.2) is 0 Å². The second-order valence-corrected chi connectivity index (χ2v) is 7.84. The summed E-state index contributed by atoms with van der Waals surface area (Å²) in [7, 11) is 0. The zero-order valence-electron chi connectivity index (χ0n) is 14.8. The predicted molar refractivity (Wildman–Crippen MR) is 87.6 cm³/mol. The van der Waals surface area contributed by atoms with Gasteiger partial charge >= 0.3 is 6.09 Å². The van der Waals surface area contributed by atoms with Crippen molar-refractivity contribution in [3.8, 4) is 0 Å². The molecule has 0 aromatic heterocycles. The van der Waals surface area contributed by atoms with Crippen LogP contribution in [-0.2, 0) is 4.74 Å². The van der Waals surface area contributed by atoms with Crippen LogP contribution in [0.1, 0.15) is 73.6 Å². The van der Waals surface area contributed by atoms with Gasteiger partial charge < -0.3 is 15.0 Å². The molecule has 1 amide bonds. The molecule has 0 aromatic rings. The maximum absolute atomic E-state index is 12.4. The Hall–Kier alpha value is -0.770. The molecule has 0 aromatic carbocycles. The molecule has 4 heteroatoms. The van der Waals surface area contributed by atoms with Crippen LogP contribution in [0.5, 0.6) is 0 Å². The van der Waals surface area contributed by atoms with Crippen LogP contribution in [0.4, 0.5) is 4.79 Å². The number of carbonyl (C=O) groups excluding carboxylic acids is 1. The smallest absolute Gasteiger partial charge is 0.410 e. The van der Waals surface area contributed by atoms with Crippen molar-refractivity contribution >= 4 is 6.09 Å². The van der Waals surface area contributed by atoms with E-state index in [1.807, 2.05) is 25.7 Å². The third-order valence-corrected chi connectivity index (χ3v) is 3.95. The lowest BCUT2D eigenvalue weighted by atomic mass is 9.96. The van der Waals surface area contributed by atoms with E-state index in [9.17, 15) is 4.79 Å². The summed E-state index contributed by atoms with van der Waals surface area (Å²) in [6.45, 7) is 14.1. The fourth-order valence-electron chi connectivity index (χ4n) is 2.88. The summed E-state index contributed by atoms with van der Waals surface area (Å²) in [6.07, 6.45) is 5.48. The van der Waals surface area contributed by atoms with E-state index >= 15 is 0 Å². The lowest BCUT2D eigenvalue weighted by Gasteiger charge is -2.38. The standard InChI is InChI=1S/C17H34N2O2/c1-7-11-17(5,6)18-13-14-10-8-9-12-19(14)15(20)21-16(2,3)4/h14,18H,7-13H2,1-6H3. The Labute approximate surface area is 130 Å². The molecule has 1 atom stereocenters. The van der Waals surface area contributed by atoms with E-state index in [2.05, 4.69) is 26.1 Å². The fourth-order valence-corrected chi connectivity index (χ4v) is 2.88. The number of amides is 1. The lowest BCUT2D eigenvalue weighted by molar-refractivity contribution is 0.00911. The van der Waals surface area contributed by atoms with Gasteiger partial charge in [0.25, 0.3) is 0 Å². The van der Waals surface area contributed by atoms with Crippen LogP contribution in [0.3, 0.4) is 0 Å². The molecule has 1 N–H and O–H groups in total. The fraction of sp³-hybridized carbons (Fsp3) is 0.941. The highest BCUT2D eigenvalue weighted by Gasteiger charge is 2.31. The van der Waals surface area contributed by atoms with Crippen LogP contribution in [0.25, 0.3) is 0 Å². The molecule has 1 saturated heterocycles. The third-order valence-electron chi connectivity index (χ3n) is 3.95. The summed E-state index contributed by atoms with van der Waals surface area (Å²) in [6, 6.07) is 0.254. The topological polar surface area (TPSA) is 41.6 Å². The quantitative estimate of drug-likeness (QED) is 0.835. The minimum atomic E-state index is -0.423. The summed E-state index contributed by atoms with van der Waals surface area (Å²) in [5.74, 6) is 0. The summed E-state index contributed by atoms with van der Waals surface area (Å²) >= 11 is 0. The number of ether oxygens (including phenoxy) is 1. The number of piperidine rings is 1. The number of hydrogen-bond acceptors (Lipinski definition) is 3. The van der Waals surface area contributed by atoms with Crippen molar-refractivity contribution in [1.29, 1.82) is 0 Å². The Morgan fingerprint density at radius 2 is 1.90 bits per heavy atom. The zero-order chi connectivity index (χ0) is 16.1. The first-order chi connectivity index (χ1) is 9.64. The number of nitrogens with zero attached hydrogens (tertiary/aromatic N) is 1. The van der Waals surface area contributed by atoms with Crippen molar-refractivity contribution in [2.45, 2.75) is 90.8 Å². The normalized spacial score (nSPS) is 20.5. The van der Waals surface area contributed by atoms with Gasteiger partial charge in [-0.05, 0) is 60.3 Å². The SMILES string of the molecule is CCCC(C)(C)NCC1CCCCN1C(=O)OC(C)(C)C. The second kappa shape index (κ2) is 7.48. The zero-order valence-corrected chi connectivity index (χ0v) is 14.8. The Balaban J connectivity index is 2.59. The van der Waals surface area contributed by atoms with Crippen LogP contribution in [0, 0.1) is 0 Å². The first kappa shape index (κ1) is 18.3. The minimum Gasteiger partial charge on any atom is -0.444 e. The third kappa shape index (κ3) is 6.68. The van der Waals surface area contributed by atoms with Crippen molar-refractivity contribution in [2.24, 2.45) is 0 Å². The first-order valence-electron chi connectivity index (χ1n) is 8.39. The molecule has 1 aliphatic rings. The molecule has 124 valence electrons. The highest BCUT2D eigenvalue weighted by molar-refractivity contribution is 5.68. The van der Waals surface area contributed by atoms with Crippen LogP contribution < -0.4 is 5.32 Å². The first-order valence-corrected chi connectivity index (χ1v) is 8.39. The van der Waals surface area contributed by atoms with E-state index in [0.717, 1.165) is 32.4 Å². The van der Waals surface area contributed by atoms with E-state index in [-0.39, 0.29) is 17.7 Å². The highest BCUT2D eigenvalue weighted by Crippen LogP contribution is 2.21. The van der Waals surface area contributed by atoms with Gasteiger partial charge in [-0.1, -0.05) is 13.3 Å². The van der Waals surface area contributed by atoms with Gasteiger partial charge in [0.05, 0.1) is 0 Å². The van der Waals surface area contributed by atoms with Gasteiger partial charge in [-0.15, -0.1) is 0 Å². The lowest BCUT2D eigenvalue weighted by Crippen LogP contribution is -2.53. The molecular formula is C17H34N2O2. The van der Waals surface area contributed by atoms with Crippen molar-refractivity contribution in [3.63, 3.8) is 0 Å². The molecule has 1 aliphatic heterocycles. The molecule has 0 spiro atoms. The summed E-state index contributed by atoms with van der Waals surface area (Å²) in [5.41, 5.74) is -0.292. The van der Waals surface area contributed by atoms with Gasteiger partial charge in [-0.25, -0.2) is 4.79 Å². The highest BCUT2D eigenvalue weighted by atomic mass is 16.6. The number of likely N-dealkylation sites (tertiary alicyclic amines) is 1. The summed E-state index contributed by atoms with van der Waals surface area (Å²) < 4.78 is 5.55. The molecule has 0 saturated carbocycles. The second-order valence-electron chi connectivity index (χ2n) is 7.84. The van der Waals surface area contributed by atoms with E-state index in [0.29, 0.717) is 0 Å². The average Bonchev–Trinajstić information content (AvgIpc) is 2.35. The molecule has 1 fully saturated rings. The number of rotatable bonds is 5. The van der Waals surface area contributed by atoms with Crippen LogP contribution in [0.2, 0.25) is 0 Å². The molecule has 0 aliphatic carbocycles. The van der Waals surface area contributed by atoms with Crippen molar-refractivity contribution < 1.29 is 9.53 Å². The van der Waals surface area contributed by atoms with Gasteiger partial charge in [-0.3, -0.25) is 0 Å². The van der Waals surface area contributed by atoms with E-state index in [4.69, 9.17) is 4.74 Å². The Morgan fingerprint density at radius 3 is 2.48 bits per heavy atom.